The van der Waals surface area contributed by atoms with Crippen molar-refractivity contribution in [2.75, 3.05) is 18.1 Å². The highest BCUT2D eigenvalue weighted by Gasteiger charge is 2.16. The Bertz CT molecular complexity index is 216. The zero-order valence-electron chi connectivity index (χ0n) is 8.42. The molecule has 0 unspecified atom stereocenters. The summed E-state index contributed by atoms with van der Waals surface area (Å²) in [6.07, 6.45) is 8.79. The van der Waals surface area contributed by atoms with E-state index in [1.165, 1.54) is 24.3 Å². The number of amides is 1. The van der Waals surface area contributed by atoms with E-state index in [4.69, 9.17) is 6.42 Å². The number of thioether (sulfide) groups is 1. The van der Waals surface area contributed by atoms with Crippen molar-refractivity contribution in [2.24, 2.45) is 5.92 Å². The van der Waals surface area contributed by atoms with Crippen LogP contribution in [0.25, 0.3) is 0 Å². The summed E-state index contributed by atoms with van der Waals surface area (Å²) >= 11 is 1.99. The lowest BCUT2D eigenvalue weighted by atomic mass is 9.98. The molecule has 1 saturated heterocycles. The molecule has 0 spiro atoms. The molecule has 14 heavy (non-hydrogen) atoms. The quantitative estimate of drug-likeness (QED) is 0.566. The third kappa shape index (κ3) is 4.57. The summed E-state index contributed by atoms with van der Waals surface area (Å²) in [5.74, 6) is 5.69. The first kappa shape index (κ1) is 11.5. The van der Waals surface area contributed by atoms with Crippen molar-refractivity contribution in [3.8, 4) is 12.3 Å². The zero-order valence-corrected chi connectivity index (χ0v) is 9.24. The van der Waals surface area contributed by atoms with Crippen LogP contribution in [0.4, 0.5) is 0 Å². The number of hydrogen-bond acceptors (Lipinski definition) is 2. The number of rotatable bonds is 4. The monoisotopic (exact) mass is 211 g/mol. The van der Waals surface area contributed by atoms with E-state index in [2.05, 4.69) is 11.2 Å². The van der Waals surface area contributed by atoms with Crippen molar-refractivity contribution in [1.29, 1.82) is 0 Å². The van der Waals surface area contributed by atoms with E-state index in [9.17, 15) is 4.79 Å². The van der Waals surface area contributed by atoms with Crippen LogP contribution in [-0.2, 0) is 4.79 Å². The Labute approximate surface area is 90.2 Å². The van der Waals surface area contributed by atoms with Gasteiger partial charge in [-0.2, -0.15) is 11.8 Å². The standard InChI is InChI=1S/C11H17NOS/c1-2-3-6-12-11(13)9-10-4-7-14-8-5-10/h1,10H,3-9H2,(H,12,13). The van der Waals surface area contributed by atoms with E-state index in [0.717, 1.165) is 0 Å². The summed E-state index contributed by atoms with van der Waals surface area (Å²) in [7, 11) is 0. The van der Waals surface area contributed by atoms with Crippen molar-refractivity contribution in [3.05, 3.63) is 0 Å². The average Bonchev–Trinajstić information content (AvgIpc) is 2.20. The molecular weight excluding hydrogens is 194 g/mol. The van der Waals surface area contributed by atoms with Crippen molar-refractivity contribution >= 4 is 17.7 Å². The maximum absolute atomic E-state index is 11.4. The first-order chi connectivity index (χ1) is 6.83. The number of carbonyl (C=O) groups is 1. The van der Waals surface area contributed by atoms with Gasteiger partial charge in [-0.15, -0.1) is 12.3 Å². The average molecular weight is 211 g/mol. The molecule has 1 rings (SSSR count). The van der Waals surface area contributed by atoms with E-state index in [-0.39, 0.29) is 5.91 Å². The molecule has 1 aliphatic heterocycles. The van der Waals surface area contributed by atoms with Crippen LogP contribution >= 0.6 is 11.8 Å². The second-order valence-corrected chi connectivity index (χ2v) is 4.79. The Morgan fingerprint density at radius 2 is 2.21 bits per heavy atom. The smallest absolute Gasteiger partial charge is 0.220 e. The van der Waals surface area contributed by atoms with Gasteiger partial charge in [-0.25, -0.2) is 0 Å². The van der Waals surface area contributed by atoms with Crippen LogP contribution in [0.3, 0.4) is 0 Å². The minimum absolute atomic E-state index is 0.164. The van der Waals surface area contributed by atoms with Crippen LogP contribution in [0, 0.1) is 18.3 Å². The predicted molar refractivity (Wildman–Crippen MR) is 61.1 cm³/mol. The third-order valence-corrected chi connectivity index (χ3v) is 3.46. The number of nitrogens with one attached hydrogen (secondary N) is 1. The van der Waals surface area contributed by atoms with Gasteiger partial charge >= 0.3 is 0 Å². The predicted octanol–water partition coefficient (Wildman–Crippen LogP) is 1.66. The first-order valence-electron chi connectivity index (χ1n) is 5.11. The summed E-state index contributed by atoms with van der Waals surface area (Å²) < 4.78 is 0. The molecule has 1 N–H and O–H groups in total. The van der Waals surface area contributed by atoms with Gasteiger partial charge in [-0.05, 0) is 30.3 Å². The highest BCUT2D eigenvalue weighted by Crippen LogP contribution is 2.24. The normalized spacial score (nSPS) is 17.4. The zero-order chi connectivity index (χ0) is 10.2. The lowest BCUT2D eigenvalue weighted by Gasteiger charge is -2.20. The molecule has 78 valence electrons. The molecule has 0 aromatic rings. The van der Waals surface area contributed by atoms with Crippen LogP contribution in [-0.4, -0.2) is 24.0 Å². The summed E-state index contributed by atoms with van der Waals surface area (Å²) in [5, 5.41) is 2.84. The minimum Gasteiger partial charge on any atom is -0.355 e. The summed E-state index contributed by atoms with van der Waals surface area (Å²) in [4.78, 5) is 11.4. The van der Waals surface area contributed by atoms with Crippen molar-refractivity contribution in [1.82, 2.24) is 5.32 Å². The van der Waals surface area contributed by atoms with Crippen LogP contribution < -0.4 is 5.32 Å². The van der Waals surface area contributed by atoms with Gasteiger partial charge < -0.3 is 5.32 Å². The highest BCUT2D eigenvalue weighted by molar-refractivity contribution is 7.99. The fourth-order valence-corrected chi connectivity index (χ4v) is 2.76. The van der Waals surface area contributed by atoms with Crippen molar-refractivity contribution in [2.45, 2.75) is 25.7 Å². The van der Waals surface area contributed by atoms with Gasteiger partial charge in [-0.1, -0.05) is 0 Å². The topological polar surface area (TPSA) is 29.1 Å². The molecule has 1 aliphatic rings. The third-order valence-electron chi connectivity index (χ3n) is 2.41. The molecule has 0 bridgehead atoms. The molecule has 1 heterocycles. The minimum atomic E-state index is 0.164. The highest BCUT2D eigenvalue weighted by atomic mass is 32.2. The Hall–Kier alpha value is -0.620. The molecule has 0 radical (unpaired) electrons. The molecule has 0 aromatic carbocycles. The van der Waals surface area contributed by atoms with Gasteiger partial charge in [-0.3, -0.25) is 4.79 Å². The number of carbonyl (C=O) groups excluding carboxylic acids is 1. The van der Waals surface area contributed by atoms with E-state index in [0.29, 0.717) is 25.3 Å². The fourth-order valence-electron chi connectivity index (χ4n) is 1.56. The molecule has 1 amide bonds. The molecule has 3 heteroatoms. The maximum Gasteiger partial charge on any atom is 0.220 e. The maximum atomic E-state index is 11.4. The van der Waals surface area contributed by atoms with Crippen LogP contribution in [0.5, 0.6) is 0 Å². The SMILES string of the molecule is C#CCCNC(=O)CC1CCSCC1. The van der Waals surface area contributed by atoms with Gasteiger partial charge in [0, 0.05) is 19.4 Å². The molecule has 0 atom stereocenters. The van der Waals surface area contributed by atoms with Gasteiger partial charge in [0.2, 0.25) is 5.91 Å². The van der Waals surface area contributed by atoms with Gasteiger partial charge in [0.15, 0.2) is 0 Å². The fraction of sp³-hybridized carbons (Fsp3) is 0.727. The number of terminal acetylenes is 1. The lowest BCUT2D eigenvalue weighted by molar-refractivity contribution is -0.122. The second-order valence-electron chi connectivity index (χ2n) is 3.56. The molecule has 0 saturated carbocycles. The van der Waals surface area contributed by atoms with Crippen LogP contribution in [0.15, 0.2) is 0 Å². The Morgan fingerprint density at radius 1 is 1.50 bits per heavy atom. The Balaban J connectivity index is 2.10. The Kier molecular flexibility index (Phi) is 5.55. The molecule has 0 aromatic heterocycles. The van der Waals surface area contributed by atoms with Gasteiger partial charge in [0.1, 0.15) is 0 Å². The van der Waals surface area contributed by atoms with E-state index >= 15 is 0 Å². The van der Waals surface area contributed by atoms with Gasteiger partial charge in [0.05, 0.1) is 0 Å². The van der Waals surface area contributed by atoms with E-state index in [1.807, 2.05) is 11.8 Å². The van der Waals surface area contributed by atoms with Crippen LogP contribution in [0.1, 0.15) is 25.7 Å². The lowest BCUT2D eigenvalue weighted by Crippen LogP contribution is -2.27. The molecule has 0 aliphatic carbocycles. The molecule has 2 nitrogen and oxygen atoms in total. The van der Waals surface area contributed by atoms with E-state index in [1.54, 1.807) is 0 Å². The molecule has 1 fully saturated rings. The summed E-state index contributed by atoms with van der Waals surface area (Å²) in [6.45, 7) is 0.622. The van der Waals surface area contributed by atoms with E-state index < -0.39 is 0 Å². The van der Waals surface area contributed by atoms with Crippen molar-refractivity contribution < 1.29 is 4.79 Å². The second kappa shape index (κ2) is 6.78. The largest absolute Gasteiger partial charge is 0.355 e. The Morgan fingerprint density at radius 3 is 2.86 bits per heavy atom. The summed E-state index contributed by atoms with van der Waals surface area (Å²) in [6, 6.07) is 0. The van der Waals surface area contributed by atoms with Gasteiger partial charge in [0.25, 0.3) is 0 Å². The first-order valence-corrected chi connectivity index (χ1v) is 6.26. The van der Waals surface area contributed by atoms with Crippen molar-refractivity contribution in [3.63, 3.8) is 0 Å². The number of hydrogen-bond donors (Lipinski definition) is 1. The molecular formula is C11H17NOS. The summed E-state index contributed by atoms with van der Waals surface area (Å²) in [5.41, 5.74) is 0. The van der Waals surface area contributed by atoms with Crippen LogP contribution in [0.2, 0.25) is 0 Å².